The number of hydrogen-bond acceptors (Lipinski definition) is 1. The molecule has 1 atom stereocenters. The first kappa shape index (κ1) is 14.9. The van der Waals surface area contributed by atoms with Crippen molar-refractivity contribution >= 4 is 43.5 Å². The first-order valence-corrected chi connectivity index (χ1v) is 7.78. The molecule has 0 bridgehead atoms. The third kappa shape index (κ3) is 3.33. The van der Waals surface area contributed by atoms with Crippen LogP contribution in [0.25, 0.3) is 0 Å². The zero-order chi connectivity index (χ0) is 14.0. The van der Waals surface area contributed by atoms with E-state index in [1.165, 1.54) is 0 Å². The van der Waals surface area contributed by atoms with E-state index < -0.39 is 0 Å². The highest BCUT2D eigenvalue weighted by Crippen LogP contribution is 2.37. The summed E-state index contributed by atoms with van der Waals surface area (Å²) in [6.07, 6.45) is 0. The summed E-state index contributed by atoms with van der Waals surface area (Å²) in [6, 6.07) is 12.0. The lowest BCUT2D eigenvalue weighted by molar-refractivity contribution is 0.414. The van der Waals surface area contributed by atoms with Crippen LogP contribution in [0.2, 0.25) is 0 Å². The van der Waals surface area contributed by atoms with Crippen LogP contribution in [0.15, 0.2) is 45.3 Å². The number of rotatable bonds is 3. The van der Waals surface area contributed by atoms with E-state index in [0.29, 0.717) is 0 Å². The molecule has 2 rings (SSSR count). The van der Waals surface area contributed by atoms with Gasteiger partial charge in [-0.3, -0.25) is 0 Å². The molecule has 2 aromatic rings. The summed E-state index contributed by atoms with van der Waals surface area (Å²) in [6.45, 7) is 2.04. The molecule has 2 aromatic carbocycles. The molecule has 0 spiro atoms. The van der Waals surface area contributed by atoms with E-state index in [1.54, 1.807) is 7.11 Å². The van der Waals surface area contributed by atoms with Gasteiger partial charge in [0.2, 0.25) is 0 Å². The molecule has 100 valence electrons. The molecule has 19 heavy (non-hydrogen) atoms. The van der Waals surface area contributed by atoms with Crippen LogP contribution >= 0.6 is 43.5 Å². The van der Waals surface area contributed by atoms with Gasteiger partial charge in [0.25, 0.3) is 0 Å². The summed E-state index contributed by atoms with van der Waals surface area (Å²) < 4.78 is 7.24. The Kier molecular flexibility index (Phi) is 4.93. The van der Waals surface area contributed by atoms with Crippen molar-refractivity contribution in [3.05, 3.63) is 62.0 Å². The molecule has 0 N–H and O–H groups in total. The lowest BCUT2D eigenvalue weighted by Gasteiger charge is -2.16. The van der Waals surface area contributed by atoms with Gasteiger partial charge in [-0.25, -0.2) is 0 Å². The van der Waals surface area contributed by atoms with Gasteiger partial charge < -0.3 is 4.74 Å². The predicted molar refractivity (Wildman–Crippen MR) is 87.3 cm³/mol. The minimum Gasteiger partial charge on any atom is -0.497 e. The molecule has 0 aliphatic rings. The van der Waals surface area contributed by atoms with Gasteiger partial charge in [-0.1, -0.05) is 44.0 Å². The van der Waals surface area contributed by atoms with E-state index >= 15 is 0 Å². The number of benzene rings is 2. The molecule has 0 saturated heterocycles. The summed E-state index contributed by atoms with van der Waals surface area (Å²) in [5.41, 5.74) is 3.26. The maximum absolute atomic E-state index is 6.60. The third-order valence-corrected chi connectivity index (χ3v) is 4.64. The van der Waals surface area contributed by atoms with Crippen LogP contribution in [-0.4, -0.2) is 7.11 Å². The lowest BCUT2D eigenvalue weighted by atomic mass is 10.00. The Balaban J connectivity index is 2.41. The van der Waals surface area contributed by atoms with Gasteiger partial charge in [-0.05, 0) is 47.9 Å². The second kappa shape index (κ2) is 6.29. The summed E-state index contributed by atoms with van der Waals surface area (Å²) in [4.78, 5) is 0. The van der Waals surface area contributed by atoms with Crippen molar-refractivity contribution in [3.8, 4) is 5.75 Å². The van der Waals surface area contributed by atoms with Crippen LogP contribution < -0.4 is 4.74 Å². The second-order valence-electron chi connectivity index (χ2n) is 4.25. The minimum atomic E-state index is -0.187. The fourth-order valence-corrected chi connectivity index (χ4v) is 3.78. The molecule has 0 saturated carbocycles. The summed E-state index contributed by atoms with van der Waals surface area (Å²) in [5, 5.41) is -0.187. The van der Waals surface area contributed by atoms with Crippen LogP contribution in [0, 0.1) is 6.92 Å². The Morgan fingerprint density at radius 3 is 2.32 bits per heavy atom. The number of aryl methyl sites for hydroxylation is 1. The number of hydrogen-bond donors (Lipinski definition) is 0. The first-order chi connectivity index (χ1) is 9.02. The fraction of sp³-hybridized carbons (Fsp3) is 0.200. The predicted octanol–water partition coefficient (Wildman–Crippen LogP) is 5.86. The van der Waals surface area contributed by atoms with Gasteiger partial charge in [0.05, 0.1) is 12.5 Å². The van der Waals surface area contributed by atoms with Crippen molar-refractivity contribution in [1.82, 2.24) is 0 Å². The molecule has 4 heteroatoms. The first-order valence-electron chi connectivity index (χ1n) is 5.76. The van der Waals surface area contributed by atoms with Crippen molar-refractivity contribution in [2.45, 2.75) is 12.3 Å². The Hall–Kier alpha value is -0.510. The maximum atomic E-state index is 6.60. The number of methoxy groups -OCH3 is 1. The van der Waals surface area contributed by atoms with E-state index in [2.05, 4.69) is 31.9 Å². The largest absolute Gasteiger partial charge is 0.497 e. The molecule has 0 amide bonds. The van der Waals surface area contributed by atoms with Crippen molar-refractivity contribution in [3.63, 3.8) is 0 Å². The number of alkyl halides is 1. The molecule has 0 radical (unpaired) electrons. The molecule has 0 heterocycles. The zero-order valence-corrected chi connectivity index (χ0v) is 14.5. The molecule has 1 unspecified atom stereocenters. The van der Waals surface area contributed by atoms with Crippen LogP contribution in [0.1, 0.15) is 22.1 Å². The summed E-state index contributed by atoms with van der Waals surface area (Å²) in [5.74, 6) is 0.847. The van der Waals surface area contributed by atoms with E-state index in [1.807, 2.05) is 43.3 Å². The van der Waals surface area contributed by atoms with Gasteiger partial charge in [-0.15, -0.1) is 11.6 Å². The van der Waals surface area contributed by atoms with Crippen molar-refractivity contribution in [1.29, 1.82) is 0 Å². The van der Waals surface area contributed by atoms with Crippen molar-refractivity contribution in [2.75, 3.05) is 7.11 Å². The molecular weight excluding hydrogens is 391 g/mol. The lowest BCUT2D eigenvalue weighted by Crippen LogP contribution is -1.98. The van der Waals surface area contributed by atoms with Gasteiger partial charge in [0.15, 0.2) is 0 Å². The fourth-order valence-electron chi connectivity index (χ4n) is 1.93. The SMILES string of the molecule is COc1ccc(C(Cl)c2ccc(Br)cc2Br)c(C)c1. The molecule has 0 aliphatic heterocycles. The third-order valence-electron chi connectivity index (χ3n) is 2.99. The highest BCUT2D eigenvalue weighted by molar-refractivity contribution is 9.11. The van der Waals surface area contributed by atoms with Gasteiger partial charge in [-0.2, -0.15) is 0 Å². The maximum Gasteiger partial charge on any atom is 0.119 e. The Bertz CT molecular complexity index is 599. The van der Waals surface area contributed by atoms with Gasteiger partial charge >= 0.3 is 0 Å². The molecule has 0 fully saturated rings. The van der Waals surface area contributed by atoms with Crippen LogP contribution in [-0.2, 0) is 0 Å². The Labute approximate surface area is 135 Å². The van der Waals surface area contributed by atoms with Crippen molar-refractivity contribution < 1.29 is 4.74 Å². The molecule has 0 aromatic heterocycles. The van der Waals surface area contributed by atoms with Crippen molar-refractivity contribution in [2.24, 2.45) is 0 Å². The highest BCUT2D eigenvalue weighted by atomic mass is 79.9. The average Bonchev–Trinajstić information content (AvgIpc) is 2.37. The molecular formula is C15H13Br2ClO. The molecule has 1 nitrogen and oxygen atoms in total. The Morgan fingerprint density at radius 1 is 1.05 bits per heavy atom. The van der Waals surface area contributed by atoms with E-state index in [9.17, 15) is 0 Å². The summed E-state index contributed by atoms with van der Waals surface area (Å²) in [7, 11) is 1.66. The number of ether oxygens (including phenoxy) is 1. The monoisotopic (exact) mass is 402 g/mol. The van der Waals surface area contributed by atoms with Crippen LogP contribution in [0.3, 0.4) is 0 Å². The van der Waals surface area contributed by atoms with E-state index in [4.69, 9.17) is 16.3 Å². The van der Waals surface area contributed by atoms with E-state index in [-0.39, 0.29) is 5.38 Å². The Morgan fingerprint density at radius 2 is 1.74 bits per heavy atom. The number of halogens is 3. The standard InChI is InChI=1S/C15H13Br2ClO/c1-9-7-11(19-2)4-6-12(9)15(18)13-5-3-10(16)8-14(13)17/h3-8,15H,1-2H3. The van der Waals surface area contributed by atoms with Crippen LogP contribution in [0.4, 0.5) is 0 Å². The van der Waals surface area contributed by atoms with Gasteiger partial charge in [0.1, 0.15) is 5.75 Å². The highest BCUT2D eigenvalue weighted by Gasteiger charge is 2.16. The second-order valence-corrected chi connectivity index (χ2v) is 6.46. The smallest absolute Gasteiger partial charge is 0.119 e. The summed E-state index contributed by atoms with van der Waals surface area (Å²) >= 11 is 13.6. The van der Waals surface area contributed by atoms with Crippen LogP contribution in [0.5, 0.6) is 5.75 Å². The quantitative estimate of drug-likeness (QED) is 0.583. The zero-order valence-electron chi connectivity index (χ0n) is 10.6. The normalized spacial score (nSPS) is 12.3. The van der Waals surface area contributed by atoms with Gasteiger partial charge in [0, 0.05) is 8.95 Å². The molecule has 0 aliphatic carbocycles. The van der Waals surface area contributed by atoms with E-state index in [0.717, 1.165) is 31.4 Å². The topological polar surface area (TPSA) is 9.23 Å². The minimum absolute atomic E-state index is 0.187. The average molecular weight is 405 g/mol.